The molecule has 2 aromatic carbocycles. The summed E-state index contributed by atoms with van der Waals surface area (Å²) in [4.78, 5) is 11.9. The van der Waals surface area contributed by atoms with E-state index in [-0.39, 0.29) is 11.7 Å². The van der Waals surface area contributed by atoms with Crippen molar-refractivity contribution in [2.24, 2.45) is 0 Å². The van der Waals surface area contributed by atoms with Gasteiger partial charge in [0.2, 0.25) is 0 Å². The minimum Gasteiger partial charge on any atom is -0.507 e. The maximum absolute atomic E-state index is 11.9. The molecule has 4 nitrogen and oxygen atoms in total. The zero-order chi connectivity index (χ0) is 13.1. The Labute approximate surface area is 113 Å². The molecule has 0 saturated carbocycles. The smallest absolute Gasteiger partial charge is 0.255 e. The van der Waals surface area contributed by atoms with Crippen molar-refractivity contribution in [2.75, 3.05) is 11.1 Å². The van der Waals surface area contributed by atoms with E-state index in [2.05, 4.69) is 21.2 Å². The molecule has 0 atom stereocenters. The van der Waals surface area contributed by atoms with Gasteiger partial charge in [-0.1, -0.05) is 12.1 Å². The van der Waals surface area contributed by atoms with Crippen LogP contribution in [0.3, 0.4) is 0 Å². The van der Waals surface area contributed by atoms with Crippen LogP contribution in [0, 0.1) is 0 Å². The number of nitrogens with one attached hydrogen (secondary N) is 1. The van der Waals surface area contributed by atoms with Crippen LogP contribution in [0.5, 0.6) is 5.75 Å². The number of carbonyl (C=O) groups is 1. The van der Waals surface area contributed by atoms with Crippen LogP contribution in [0.25, 0.3) is 0 Å². The van der Waals surface area contributed by atoms with Gasteiger partial charge in [-0.2, -0.15) is 0 Å². The molecule has 1 amide bonds. The first-order chi connectivity index (χ1) is 8.58. The summed E-state index contributed by atoms with van der Waals surface area (Å²) in [5.41, 5.74) is 7.13. The van der Waals surface area contributed by atoms with E-state index in [9.17, 15) is 9.90 Å². The van der Waals surface area contributed by atoms with E-state index >= 15 is 0 Å². The third-order valence-corrected chi connectivity index (χ3v) is 3.09. The van der Waals surface area contributed by atoms with Gasteiger partial charge in [0.05, 0.1) is 15.8 Å². The number of nitrogen functional groups attached to an aromatic ring is 1. The quantitative estimate of drug-likeness (QED) is 0.747. The largest absolute Gasteiger partial charge is 0.507 e. The lowest BCUT2D eigenvalue weighted by atomic mass is 10.2. The van der Waals surface area contributed by atoms with Gasteiger partial charge < -0.3 is 16.2 Å². The van der Waals surface area contributed by atoms with Gasteiger partial charge >= 0.3 is 0 Å². The molecule has 0 saturated heterocycles. The fraction of sp³-hybridized carbons (Fsp3) is 0. The summed E-state index contributed by atoms with van der Waals surface area (Å²) in [6, 6.07) is 11.6. The highest BCUT2D eigenvalue weighted by Gasteiger charge is 2.09. The van der Waals surface area contributed by atoms with E-state index < -0.39 is 0 Å². The Hall–Kier alpha value is -2.01. The number of anilines is 2. The normalized spacial score (nSPS) is 10.1. The molecule has 0 radical (unpaired) electrons. The van der Waals surface area contributed by atoms with Crippen molar-refractivity contribution >= 4 is 33.2 Å². The van der Waals surface area contributed by atoms with Crippen molar-refractivity contribution in [3.05, 3.63) is 52.5 Å². The van der Waals surface area contributed by atoms with Crippen molar-refractivity contribution in [3.63, 3.8) is 0 Å². The average molecular weight is 307 g/mol. The summed E-state index contributed by atoms with van der Waals surface area (Å²) < 4.78 is 0.540. The number of halogens is 1. The van der Waals surface area contributed by atoms with Crippen LogP contribution in [-0.2, 0) is 0 Å². The Bertz CT molecular complexity index is 599. The maximum atomic E-state index is 11.9. The molecule has 5 heteroatoms. The van der Waals surface area contributed by atoms with Crippen molar-refractivity contribution in [3.8, 4) is 5.75 Å². The molecule has 0 aliphatic heterocycles. The van der Waals surface area contributed by atoms with Gasteiger partial charge in [0.1, 0.15) is 5.75 Å². The zero-order valence-electron chi connectivity index (χ0n) is 9.35. The average Bonchev–Trinajstić information content (AvgIpc) is 2.35. The molecule has 0 fully saturated rings. The fourth-order valence-electron chi connectivity index (χ4n) is 1.46. The van der Waals surface area contributed by atoms with Crippen molar-refractivity contribution < 1.29 is 9.90 Å². The maximum Gasteiger partial charge on any atom is 0.255 e. The van der Waals surface area contributed by atoms with Crippen LogP contribution >= 0.6 is 15.9 Å². The molecule has 0 spiro atoms. The van der Waals surface area contributed by atoms with Crippen LogP contribution in [0.15, 0.2) is 46.9 Å². The molecule has 0 unspecified atom stereocenters. The molecule has 0 bridgehead atoms. The predicted molar refractivity (Wildman–Crippen MR) is 74.6 cm³/mol. The van der Waals surface area contributed by atoms with Crippen molar-refractivity contribution in [2.45, 2.75) is 0 Å². The first-order valence-corrected chi connectivity index (χ1v) is 6.01. The minimum absolute atomic E-state index is 0.0173. The Morgan fingerprint density at radius 3 is 2.61 bits per heavy atom. The van der Waals surface area contributed by atoms with Crippen LogP contribution in [0.4, 0.5) is 11.4 Å². The minimum atomic E-state index is -0.323. The number of nitrogens with two attached hydrogens (primary N) is 1. The number of hydrogen-bond acceptors (Lipinski definition) is 3. The van der Waals surface area contributed by atoms with Gasteiger partial charge in [0, 0.05) is 5.56 Å². The SMILES string of the molecule is Nc1ccccc1NC(=O)c1ccc(Br)c(O)c1. The van der Waals surface area contributed by atoms with Crippen LogP contribution < -0.4 is 11.1 Å². The number of hydrogen-bond donors (Lipinski definition) is 3. The molecule has 92 valence electrons. The predicted octanol–water partition coefficient (Wildman–Crippen LogP) is 2.99. The lowest BCUT2D eigenvalue weighted by Crippen LogP contribution is -2.12. The number of rotatable bonds is 2. The highest BCUT2D eigenvalue weighted by atomic mass is 79.9. The Morgan fingerprint density at radius 1 is 1.22 bits per heavy atom. The van der Waals surface area contributed by atoms with E-state index in [1.807, 2.05) is 0 Å². The molecule has 0 aromatic heterocycles. The van der Waals surface area contributed by atoms with Crippen molar-refractivity contribution in [1.82, 2.24) is 0 Å². The van der Waals surface area contributed by atoms with Gasteiger partial charge in [-0.05, 0) is 46.3 Å². The molecular weight excluding hydrogens is 296 g/mol. The highest BCUT2D eigenvalue weighted by Crippen LogP contribution is 2.25. The lowest BCUT2D eigenvalue weighted by Gasteiger charge is -2.08. The zero-order valence-corrected chi connectivity index (χ0v) is 10.9. The topological polar surface area (TPSA) is 75.3 Å². The summed E-state index contributed by atoms with van der Waals surface area (Å²) >= 11 is 3.16. The van der Waals surface area contributed by atoms with Gasteiger partial charge in [-0.3, -0.25) is 4.79 Å². The lowest BCUT2D eigenvalue weighted by molar-refractivity contribution is 0.102. The Balaban J connectivity index is 2.22. The molecule has 2 aromatic rings. The summed E-state index contributed by atoms with van der Waals surface area (Å²) in [6.07, 6.45) is 0. The summed E-state index contributed by atoms with van der Waals surface area (Å²) in [5.74, 6) is -0.306. The number of phenols is 1. The van der Waals surface area contributed by atoms with Gasteiger partial charge in [-0.15, -0.1) is 0 Å². The number of aromatic hydroxyl groups is 1. The summed E-state index contributed by atoms with van der Waals surface area (Å²) in [7, 11) is 0. The molecule has 2 rings (SSSR count). The number of carbonyl (C=O) groups excluding carboxylic acids is 1. The van der Waals surface area contributed by atoms with E-state index in [1.165, 1.54) is 6.07 Å². The summed E-state index contributed by atoms with van der Waals surface area (Å²) in [5, 5.41) is 12.2. The molecule has 0 aliphatic carbocycles. The first-order valence-electron chi connectivity index (χ1n) is 5.22. The number of phenolic OH excluding ortho intramolecular Hbond substituents is 1. The standard InChI is InChI=1S/C13H11BrN2O2/c14-9-6-5-8(7-12(9)17)13(18)16-11-4-2-1-3-10(11)15/h1-7,17H,15H2,(H,16,18). The van der Waals surface area contributed by atoms with Crippen LogP contribution in [0.2, 0.25) is 0 Å². The van der Waals surface area contributed by atoms with Crippen molar-refractivity contribution in [1.29, 1.82) is 0 Å². The fourth-order valence-corrected chi connectivity index (χ4v) is 1.71. The van der Waals surface area contributed by atoms with E-state index in [1.54, 1.807) is 36.4 Å². The second kappa shape index (κ2) is 5.10. The third-order valence-electron chi connectivity index (χ3n) is 2.42. The first kappa shape index (κ1) is 12.4. The number of benzene rings is 2. The molecule has 0 aliphatic rings. The van der Waals surface area contributed by atoms with Crippen LogP contribution in [-0.4, -0.2) is 11.0 Å². The number of para-hydroxylation sites is 2. The second-order valence-electron chi connectivity index (χ2n) is 3.71. The van der Waals surface area contributed by atoms with Gasteiger partial charge in [0.15, 0.2) is 0 Å². The molecule has 0 heterocycles. The van der Waals surface area contributed by atoms with Gasteiger partial charge in [-0.25, -0.2) is 0 Å². The van der Waals surface area contributed by atoms with Gasteiger partial charge in [0.25, 0.3) is 5.91 Å². The molecule has 18 heavy (non-hydrogen) atoms. The molecule has 4 N–H and O–H groups in total. The highest BCUT2D eigenvalue weighted by molar-refractivity contribution is 9.10. The van der Waals surface area contributed by atoms with Crippen LogP contribution in [0.1, 0.15) is 10.4 Å². The Kier molecular flexibility index (Phi) is 3.53. The monoisotopic (exact) mass is 306 g/mol. The van der Waals surface area contributed by atoms with E-state index in [0.717, 1.165) is 0 Å². The van der Waals surface area contributed by atoms with E-state index in [4.69, 9.17) is 5.73 Å². The number of amides is 1. The van der Waals surface area contributed by atoms with E-state index in [0.29, 0.717) is 21.4 Å². The third kappa shape index (κ3) is 2.62. The summed E-state index contributed by atoms with van der Waals surface area (Å²) in [6.45, 7) is 0. The second-order valence-corrected chi connectivity index (χ2v) is 4.56. The Morgan fingerprint density at radius 2 is 1.94 bits per heavy atom. The molecular formula is C13H11BrN2O2.